The van der Waals surface area contributed by atoms with E-state index in [-0.39, 0.29) is 18.1 Å². The Hall–Kier alpha value is -3.01. The Morgan fingerprint density at radius 2 is 1.90 bits per heavy atom. The van der Waals surface area contributed by atoms with Crippen molar-refractivity contribution in [3.63, 3.8) is 0 Å². The van der Waals surface area contributed by atoms with Crippen LogP contribution in [0.1, 0.15) is 23.2 Å². The molecule has 1 N–H and O–H groups in total. The summed E-state index contributed by atoms with van der Waals surface area (Å²) in [4.78, 5) is 34.8. The number of hydrogen-bond acceptors (Lipinski definition) is 6. The lowest BCUT2D eigenvalue weighted by molar-refractivity contribution is -0.274. The summed E-state index contributed by atoms with van der Waals surface area (Å²) in [6, 6.07) is 4.57. The van der Waals surface area contributed by atoms with Crippen LogP contribution in [-0.2, 0) is 14.3 Å². The van der Waals surface area contributed by atoms with E-state index in [0.29, 0.717) is 24.2 Å². The van der Waals surface area contributed by atoms with Gasteiger partial charge < -0.3 is 14.8 Å². The minimum absolute atomic E-state index is 0.186. The lowest BCUT2D eigenvalue weighted by Crippen LogP contribution is -2.29. The van der Waals surface area contributed by atoms with Gasteiger partial charge in [0, 0.05) is 12.6 Å². The molecule has 1 atom stereocenters. The second-order valence-electron chi connectivity index (χ2n) is 6.28. The molecule has 31 heavy (non-hydrogen) atoms. The fourth-order valence-corrected chi connectivity index (χ4v) is 3.29. The van der Waals surface area contributed by atoms with E-state index in [4.69, 9.17) is 4.74 Å². The van der Waals surface area contributed by atoms with Crippen molar-refractivity contribution in [2.45, 2.75) is 24.5 Å². The van der Waals surface area contributed by atoms with Crippen molar-refractivity contribution >= 4 is 29.1 Å². The number of carbonyl (C=O) groups excluding carboxylic acids is 3. The number of nitrogens with one attached hydrogen (secondary N) is 1. The summed E-state index contributed by atoms with van der Waals surface area (Å²) in [7, 11) is 1.50. The average Bonchev–Trinajstić information content (AvgIpc) is 2.95. The van der Waals surface area contributed by atoms with Gasteiger partial charge in [0.1, 0.15) is 11.5 Å². The smallest absolute Gasteiger partial charge is 0.486 e. The van der Waals surface area contributed by atoms with Gasteiger partial charge in [0.05, 0.1) is 5.25 Å². The van der Waals surface area contributed by atoms with Crippen LogP contribution in [0.3, 0.4) is 0 Å². The van der Waals surface area contributed by atoms with Crippen molar-refractivity contribution in [1.29, 1.82) is 0 Å². The summed E-state index contributed by atoms with van der Waals surface area (Å²) >= 11 is 0.894. The van der Waals surface area contributed by atoms with Gasteiger partial charge in [0.15, 0.2) is 18.0 Å². The second-order valence-corrected chi connectivity index (χ2v) is 7.31. The van der Waals surface area contributed by atoms with Crippen molar-refractivity contribution in [2.75, 3.05) is 13.7 Å². The van der Waals surface area contributed by atoms with Crippen LogP contribution in [0.2, 0.25) is 0 Å². The normalized spacial score (nSPS) is 14.6. The molecule has 1 aliphatic carbocycles. The topological polar surface area (TPSA) is 81.7 Å². The molecule has 0 heterocycles. The van der Waals surface area contributed by atoms with Crippen LogP contribution in [-0.4, -0.2) is 42.6 Å². The molecule has 0 spiro atoms. The Balaban J connectivity index is 1.90. The van der Waals surface area contributed by atoms with Crippen LogP contribution >= 0.6 is 11.8 Å². The van der Waals surface area contributed by atoms with Gasteiger partial charge in [0.2, 0.25) is 5.91 Å². The van der Waals surface area contributed by atoms with Gasteiger partial charge in [-0.15, -0.1) is 13.2 Å². The molecule has 0 saturated carbocycles. The Morgan fingerprint density at radius 3 is 2.52 bits per heavy atom. The maximum Gasteiger partial charge on any atom is 0.573 e. The van der Waals surface area contributed by atoms with Gasteiger partial charge in [-0.05, 0) is 54.8 Å². The van der Waals surface area contributed by atoms with Crippen LogP contribution in [0.5, 0.6) is 5.75 Å². The summed E-state index contributed by atoms with van der Waals surface area (Å²) in [6.07, 6.45) is 3.08. The first kappa shape index (κ1) is 24.3. The van der Waals surface area contributed by atoms with E-state index in [1.165, 1.54) is 19.2 Å². The number of benzene rings is 1. The number of allylic oxidation sites excluding steroid dienone is 5. The Bertz CT molecular complexity index is 891. The summed E-state index contributed by atoms with van der Waals surface area (Å²) in [5, 5.41) is 1.97. The van der Waals surface area contributed by atoms with E-state index in [1.807, 2.05) is 6.08 Å². The van der Waals surface area contributed by atoms with Crippen LogP contribution in [0.25, 0.3) is 0 Å². The van der Waals surface area contributed by atoms with E-state index in [0.717, 1.165) is 29.5 Å². The molecule has 1 aliphatic rings. The first-order valence-corrected chi connectivity index (χ1v) is 10.1. The highest BCUT2D eigenvalue weighted by atomic mass is 32.2. The number of carbonyl (C=O) groups is 3. The van der Waals surface area contributed by atoms with Gasteiger partial charge in [-0.25, -0.2) is 0 Å². The molecule has 0 radical (unpaired) electrons. The highest BCUT2D eigenvalue weighted by molar-refractivity contribution is 8.13. The number of halogens is 3. The van der Waals surface area contributed by atoms with Crippen LogP contribution in [0.4, 0.5) is 13.2 Å². The van der Waals surface area contributed by atoms with Crippen molar-refractivity contribution in [2.24, 2.45) is 0 Å². The molecule has 166 valence electrons. The van der Waals surface area contributed by atoms with Crippen molar-refractivity contribution < 1.29 is 37.0 Å². The van der Waals surface area contributed by atoms with E-state index in [9.17, 15) is 27.6 Å². The maximum absolute atomic E-state index is 12.2. The predicted molar refractivity (Wildman–Crippen MR) is 110 cm³/mol. The van der Waals surface area contributed by atoms with E-state index >= 15 is 0 Å². The van der Waals surface area contributed by atoms with Crippen LogP contribution < -0.4 is 10.1 Å². The molecule has 1 unspecified atom stereocenters. The quantitative estimate of drug-likeness (QED) is 0.425. The number of amides is 1. The van der Waals surface area contributed by atoms with Gasteiger partial charge in [-0.1, -0.05) is 23.9 Å². The Kier molecular flexibility index (Phi) is 8.92. The largest absolute Gasteiger partial charge is 0.573 e. The average molecular weight is 455 g/mol. The molecule has 10 heteroatoms. The third-order valence-electron chi connectivity index (χ3n) is 4.12. The maximum atomic E-state index is 12.2. The number of alkyl halides is 3. The molecule has 2 rings (SSSR count). The van der Waals surface area contributed by atoms with Gasteiger partial charge >= 0.3 is 6.36 Å². The molecular formula is C21H20F3NO5S. The molecular weight excluding hydrogens is 435 g/mol. The summed E-state index contributed by atoms with van der Waals surface area (Å²) in [5.74, 6) is -0.637. The number of hydrogen-bond donors (Lipinski definition) is 1. The van der Waals surface area contributed by atoms with E-state index < -0.39 is 23.1 Å². The van der Waals surface area contributed by atoms with Gasteiger partial charge in [-0.3, -0.25) is 14.4 Å². The van der Waals surface area contributed by atoms with Crippen LogP contribution in [0.15, 0.2) is 59.9 Å². The second kappa shape index (κ2) is 11.4. The van der Waals surface area contributed by atoms with E-state index in [2.05, 4.69) is 10.1 Å². The Morgan fingerprint density at radius 1 is 1.19 bits per heavy atom. The van der Waals surface area contributed by atoms with Crippen molar-refractivity contribution in [1.82, 2.24) is 5.32 Å². The molecule has 0 aliphatic heterocycles. The first-order chi connectivity index (χ1) is 14.7. The van der Waals surface area contributed by atoms with Crippen LogP contribution in [0, 0.1) is 0 Å². The third kappa shape index (κ3) is 8.33. The summed E-state index contributed by atoms with van der Waals surface area (Å²) in [6.45, 7) is -0.299. The summed E-state index contributed by atoms with van der Waals surface area (Å²) < 4.78 is 45.8. The van der Waals surface area contributed by atoms with Crippen molar-refractivity contribution in [3.8, 4) is 5.75 Å². The summed E-state index contributed by atoms with van der Waals surface area (Å²) in [5.41, 5.74) is 1.65. The fourth-order valence-electron chi connectivity index (χ4n) is 2.63. The molecule has 1 aromatic rings. The zero-order valence-corrected chi connectivity index (χ0v) is 17.3. The Labute approximate surface area is 181 Å². The molecule has 6 nitrogen and oxygen atoms in total. The highest BCUT2D eigenvalue weighted by Gasteiger charge is 2.31. The monoisotopic (exact) mass is 455 g/mol. The molecule has 0 bridgehead atoms. The number of ether oxygens (including phenoxy) is 2. The first-order valence-electron chi connectivity index (χ1n) is 9.11. The number of rotatable bonds is 10. The SMILES string of the molecule is CNC(=O)C(CC1=CCC=C(OCC(=O)c2ccc(OC(F)(F)F)cc2)C=C1)SC=O. The molecule has 0 aromatic heterocycles. The molecule has 1 amide bonds. The minimum Gasteiger partial charge on any atom is -0.486 e. The van der Waals surface area contributed by atoms with E-state index in [1.54, 1.807) is 18.2 Å². The molecule has 0 saturated heterocycles. The van der Waals surface area contributed by atoms with Gasteiger partial charge in [0.25, 0.3) is 0 Å². The van der Waals surface area contributed by atoms with Crippen molar-refractivity contribution in [3.05, 3.63) is 65.5 Å². The number of thioether (sulfide) groups is 1. The number of ketones is 1. The predicted octanol–water partition coefficient (Wildman–Crippen LogP) is 3.98. The highest BCUT2D eigenvalue weighted by Crippen LogP contribution is 2.24. The minimum atomic E-state index is -4.80. The molecule has 0 fully saturated rings. The van der Waals surface area contributed by atoms with Gasteiger partial charge in [-0.2, -0.15) is 0 Å². The lowest BCUT2D eigenvalue weighted by atomic mass is 10.1. The fraction of sp³-hybridized carbons (Fsp3) is 0.286. The zero-order chi connectivity index (χ0) is 22.9. The zero-order valence-electron chi connectivity index (χ0n) is 16.5. The lowest BCUT2D eigenvalue weighted by Gasteiger charge is -2.12. The molecule has 1 aromatic carbocycles. The number of Topliss-reactive ketones (excluding diaryl/α,β-unsaturated/α-hetero) is 1. The third-order valence-corrected chi connectivity index (χ3v) is 4.94. The standard InChI is InChI=1S/C21H20F3NO5S/c1-25-20(28)19(31-13-26)11-14-3-2-4-16(8-5-14)29-12-18(27)15-6-9-17(10-7-15)30-21(22,23)24/h3-10,13,19H,2,11-12H2,1H3,(H,25,28).